The first kappa shape index (κ1) is 13.7. The summed E-state index contributed by atoms with van der Waals surface area (Å²) >= 11 is 0. The van der Waals surface area contributed by atoms with Crippen LogP contribution in [-0.2, 0) is 6.18 Å². The number of aromatic amines is 1. The Balaban J connectivity index is 2.25. The van der Waals surface area contributed by atoms with Crippen LogP contribution in [0.15, 0.2) is 35.1 Å². The van der Waals surface area contributed by atoms with Crippen LogP contribution in [0.3, 0.4) is 0 Å². The summed E-state index contributed by atoms with van der Waals surface area (Å²) in [6, 6.07) is 4.08. The average molecular weight is 286 g/mol. The molecule has 20 heavy (non-hydrogen) atoms. The van der Waals surface area contributed by atoms with Gasteiger partial charge in [-0.3, -0.25) is 9.89 Å². The van der Waals surface area contributed by atoms with Gasteiger partial charge in [0.05, 0.1) is 5.56 Å². The van der Waals surface area contributed by atoms with Crippen molar-refractivity contribution < 1.29 is 18.0 Å². The number of nitrogens with two attached hydrogens (primary N) is 1. The van der Waals surface area contributed by atoms with Crippen LogP contribution in [0.5, 0.6) is 0 Å². The molecular formula is C11H9F3N4O2. The molecule has 0 atom stereocenters. The van der Waals surface area contributed by atoms with Gasteiger partial charge in [0.2, 0.25) is 0 Å². The van der Waals surface area contributed by atoms with Gasteiger partial charge in [-0.25, -0.2) is 4.79 Å². The molecular weight excluding hydrogens is 277 g/mol. The maximum atomic E-state index is 12.5. The van der Waals surface area contributed by atoms with Crippen molar-refractivity contribution in [3.8, 4) is 0 Å². The third kappa shape index (κ3) is 2.82. The molecule has 4 N–H and O–H groups in total. The summed E-state index contributed by atoms with van der Waals surface area (Å²) in [5.41, 5.74) is 3.57. The number of aromatic nitrogens is 2. The predicted molar refractivity (Wildman–Crippen MR) is 65.3 cm³/mol. The van der Waals surface area contributed by atoms with Gasteiger partial charge in [0.1, 0.15) is 5.82 Å². The Bertz CT molecular complexity index is 702. The van der Waals surface area contributed by atoms with Gasteiger partial charge in [-0.15, -0.1) is 0 Å². The number of hydrogen-bond donors (Lipinski definition) is 3. The van der Waals surface area contributed by atoms with Crippen molar-refractivity contribution in [1.82, 2.24) is 9.78 Å². The second-order valence-electron chi connectivity index (χ2n) is 3.89. The number of anilines is 2. The van der Waals surface area contributed by atoms with Crippen LogP contribution < -0.4 is 16.6 Å². The molecule has 0 aliphatic rings. The number of nitrogens with zero attached hydrogens (tertiary/aromatic N) is 1. The van der Waals surface area contributed by atoms with Crippen molar-refractivity contribution in [2.45, 2.75) is 6.18 Å². The normalized spacial score (nSPS) is 11.3. The monoisotopic (exact) mass is 286 g/mol. The number of amides is 1. The quantitative estimate of drug-likeness (QED) is 0.747. The molecule has 0 bridgehead atoms. The fraction of sp³-hybridized carbons (Fsp3) is 0.0909. The van der Waals surface area contributed by atoms with Crippen LogP contribution >= 0.6 is 0 Å². The Hall–Kier alpha value is -2.71. The number of carbonyl (C=O) groups is 1. The Morgan fingerprint density at radius 2 is 2.00 bits per heavy atom. The van der Waals surface area contributed by atoms with Crippen molar-refractivity contribution in [2.24, 2.45) is 0 Å². The Morgan fingerprint density at radius 3 is 2.55 bits per heavy atom. The number of nitrogen functional groups attached to an aromatic ring is 1. The standard InChI is InChI=1S/C11H9F3N4O2/c12-11(13,14)6-2-1-3-7(4-6)16-10(20)18-9(19)5-8(15)17-18/h1-5,17H,15H2,(H,16,20). The van der Waals surface area contributed by atoms with E-state index in [4.69, 9.17) is 5.73 Å². The summed E-state index contributed by atoms with van der Waals surface area (Å²) in [4.78, 5) is 23.0. The minimum absolute atomic E-state index is 0.0332. The number of alkyl halides is 3. The molecule has 2 aromatic rings. The first-order valence-corrected chi connectivity index (χ1v) is 5.33. The van der Waals surface area contributed by atoms with Gasteiger partial charge in [0, 0.05) is 11.8 Å². The Kier molecular flexibility index (Phi) is 3.26. The fourth-order valence-electron chi connectivity index (χ4n) is 1.52. The van der Waals surface area contributed by atoms with E-state index in [1.165, 1.54) is 6.07 Å². The smallest absolute Gasteiger partial charge is 0.384 e. The van der Waals surface area contributed by atoms with Crippen molar-refractivity contribution >= 4 is 17.5 Å². The van der Waals surface area contributed by atoms with Crippen LogP contribution in [0.1, 0.15) is 5.56 Å². The van der Waals surface area contributed by atoms with Crippen molar-refractivity contribution in [3.05, 3.63) is 46.2 Å². The van der Waals surface area contributed by atoms with Gasteiger partial charge < -0.3 is 11.1 Å². The molecule has 2 rings (SSSR count). The summed E-state index contributed by atoms with van der Waals surface area (Å²) in [6.45, 7) is 0. The Labute approximate surface area is 110 Å². The topological polar surface area (TPSA) is 92.9 Å². The highest BCUT2D eigenvalue weighted by molar-refractivity contribution is 5.90. The number of nitrogens with one attached hydrogen (secondary N) is 2. The summed E-state index contributed by atoms with van der Waals surface area (Å²) < 4.78 is 38.1. The molecule has 0 aliphatic carbocycles. The average Bonchev–Trinajstić information content (AvgIpc) is 2.68. The molecule has 1 aromatic carbocycles. The molecule has 6 nitrogen and oxygen atoms in total. The lowest BCUT2D eigenvalue weighted by Gasteiger charge is -2.09. The minimum Gasteiger partial charge on any atom is -0.384 e. The van der Waals surface area contributed by atoms with Crippen LogP contribution in [0.4, 0.5) is 29.5 Å². The SMILES string of the molecule is Nc1cc(=O)n(C(=O)Nc2cccc(C(F)(F)F)c2)[nH]1. The molecule has 1 aromatic heterocycles. The maximum absolute atomic E-state index is 12.5. The number of carbonyl (C=O) groups excluding carboxylic acids is 1. The molecule has 0 fully saturated rings. The molecule has 0 unspecified atom stereocenters. The third-order valence-electron chi connectivity index (χ3n) is 2.38. The van der Waals surface area contributed by atoms with Crippen molar-refractivity contribution in [3.63, 3.8) is 0 Å². The minimum atomic E-state index is -4.52. The van der Waals surface area contributed by atoms with E-state index in [1.807, 2.05) is 0 Å². The van der Waals surface area contributed by atoms with E-state index in [0.29, 0.717) is 4.68 Å². The zero-order valence-electron chi connectivity index (χ0n) is 9.86. The summed E-state index contributed by atoms with van der Waals surface area (Å²) in [7, 11) is 0. The largest absolute Gasteiger partial charge is 0.416 e. The first-order valence-electron chi connectivity index (χ1n) is 5.33. The van der Waals surface area contributed by atoms with Crippen molar-refractivity contribution in [2.75, 3.05) is 11.1 Å². The van der Waals surface area contributed by atoms with Crippen LogP contribution in [0.2, 0.25) is 0 Å². The van der Waals surface area contributed by atoms with Crippen LogP contribution in [0.25, 0.3) is 0 Å². The van der Waals surface area contributed by atoms with E-state index in [-0.39, 0.29) is 11.5 Å². The van der Waals surface area contributed by atoms with Gasteiger partial charge >= 0.3 is 12.2 Å². The molecule has 0 saturated carbocycles. The van der Waals surface area contributed by atoms with E-state index in [2.05, 4.69) is 10.4 Å². The number of halogens is 3. The lowest BCUT2D eigenvalue weighted by molar-refractivity contribution is -0.137. The van der Waals surface area contributed by atoms with Crippen LogP contribution in [0, 0.1) is 0 Å². The second-order valence-corrected chi connectivity index (χ2v) is 3.89. The number of H-pyrrole nitrogens is 1. The molecule has 0 spiro atoms. The molecule has 1 amide bonds. The zero-order chi connectivity index (χ0) is 14.9. The van der Waals surface area contributed by atoms with E-state index in [0.717, 1.165) is 24.3 Å². The van der Waals surface area contributed by atoms with Gasteiger partial charge in [0.15, 0.2) is 0 Å². The molecule has 0 saturated heterocycles. The molecule has 0 aliphatic heterocycles. The number of hydrogen-bond acceptors (Lipinski definition) is 3. The number of rotatable bonds is 1. The van der Waals surface area contributed by atoms with Gasteiger partial charge in [0.25, 0.3) is 5.56 Å². The fourth-order valence-corrected chi connectivity index (χ4v) is 1.52. The number of benzene rings is 1. The molecule has 106 valence electrons. The lowest BCUT2D eigenvalue weighted by Crippen LogP contribution is -2.29. The van der Waals surface area contributed by atoms with E-state index in [9.17, 15) is 22.8 Å². The van der Waals surface area contributed by atoms with E-state index < -0.39 is 23.3 Å². The molecule has 9 heteroatoms. The summed E-state index contributed by atoms with van der Waals surface area (Å²) in [5.74, 6) is -0.0332. The van der Waals surface area contributed by atoms with E-state index in [1.54, 1.807) is 0 Å². The molecule has 0 radical (unpaired) electrons. The third-order valence-corrected chi connectivity index (χ3v) is 2.38. The zero-order valence-corrected chi connectivity index (χ0v) is 9.86. The highest BCUT2D eigenvalue weighted by Crippen LogP contribution is 2.30. The maximum Gasteiger partial charge on any atom is 0.416 e. The van der Waals surface area contributed by atoms with Gasteiger partial charge in [-0.1, -0.05) is 6.07 Å². The van der Waals surface area contributed by atoms with E-state index >= 15 is 0 Å². The van der Waals surface area contributed by atoms with Gasteiger partial charge in [-0.2, -0.15) is 17.9 Å². The summed E-state index contributed by atoms with van der Waals surface area (Å²) in [5, 5.41) is 4.42. The Morgan fingerprint density at radius 1 is 1.30 bits per heavy atom. The highest BCUT2D eigenvalue weighted by Gasteiger charge is 2.30. The molecule has 1 heterocycles. The van der Waals surface area contributed by atoms with Crippen molar-refractivity contribution in [1.29, 1.82) is 0 Å². The highest BCUT2D eigenvalue weighted by atomic mass is 19.4. The second kappa shape index (κ2) is 4.76. The first-order chi connectivity index (χ1) is 9.27. The predicted octanol–water partition coefficient (Wildman–Crippen LogP) is 1.86. The van der Waals surface area contributed by atoms with Gasteiger partial charge in [-0.05, 0) is 18.2 Å². The van der Waals surface area contributed by atoms with Crippen LogP contribution in [-0.4, -0.2) is 15.8 Å². The summed E-state index contributed by atoms with van der Waals surface area (Å²) in [6.07, 6.45) is -4.52. The lowest BCUT2D eigenvalue weighted by atomic mass is 10.2.